The van der Waals surface area contributed by atoms with Gasteiger partial charge in [0.2, 0.25) is 11.8 Å². The van der Waals surface area contributed by atoms with Gasteiger partial charge in [0.25, 0.3) is 0 Å². The minimum atomic E-state index is -0.266. The van der Waals surface area contributed by atoms with E-state index in [-0.39, 0.29) is 24.1 Å². The van der Waals surface area contributed by atoms with Crippen LogP contribution in [0.2, 0.25) is 0 Å². The van der Waals surface area contributed by atoms with E-state index in [2.05, 4.69) is 43.4 Å². The van der Waals surface area contributed by atoms with Crippen molar-refractivity contribution in [2.45, 2.75) is 39.0 Å². The van der Waals surface area contributed by atoms with Crippen molar-refractivity contribution in [3.63, 3.8) is 0 Å². The summed E-state index contributed by atoms with van der Waals surface area (Å²) in [5.41, 5.74) is 3.69. The topological polar surface area (TPSA) is 107 Å². The Kier molecular flexibility index (Phi) is 10.4. The summed E-state index contributed by atoms with van der Waals surface area (Å²) >= 11 is 3.57. The van der Waals surface area contributed by atoms with Crippen LogP contribution in [-0.2, 0) is 22.7 Å². The molecule has 0 unspecified atom stereocenters. The van der Waals surface area contributed by atoms with Crippen molar-refractivity contribution in [1.29, 1.82) is 0 Å². The van der Waals surface area contributed by atoms with Gasteiger partial charge in [-0.2, -0.15) is 0 Å². The van der Waals surface area contributed by atoms with Gasteiger partial charge in [-0.15, -0.1) is 10.2 Å². The highest BCUT2D eigenvalue weighted by molar-refractivity contribution is 14.1. The number of nitrogens with one attached hydrogen (secondary N) is 2. The third-order valence-electron chi connectivity index (χ3n) is 5.46. The van der Waals surface area contributed by atoms with Crippen molar-refractivity contribution in [2.24, 2.45) is 0 Å². The van der Waals surface area contributed by atoms with Crippen LogP contribution in [0.3, 0.4) is 0 Å². The number of nitrogens with zero attached hydrogens (tertiary/aromatic N) is 3. The zero-order chi connectivity index (χ0) is 26.9. The Morgan fingerprint density at radius 3 is 2.43 bits per heavy atom. The molecule has 0 saturated carbocycles. The van der Waals surface area contributed by atoms with Crippen LogP contribution in [0.4, 0.5) is 5.69 Å². The second kappa shape index (κ2) is 13.5. The molecule has 1 heterocycles. The van der Waals surface area contributed by atoms with Crippen molar-refractivity contribution in [3.05, 3.63) is 62.5 Å². The van der Waals surface area contributed by atoms with E-state index in [4.69, 9.17) is 9.47 Å². The fourth-order valence-electron chi connectivity index (χ4n) is 3.64. The number of benzene rings is 2. The Morgan fingerprint density at radius 1 is 1.08 bits per heavy atom. The van der Waals surface area contributed by atoms with Gasteiger partial charge in [-0.25, -0.2) is 0 Å². The Balaban J connectivity index is 1.56. The molecule has 0 fully saturated rings. The van der Waals surface area contributed by atoms with E-state index in [1.165, 1.54) is 17.8 Å². The number of ether oxygens (including phenoxy) is 2. The summed E-state index contributed by atoms with van der Waals surface area (Å²) in [7, 11) is 3.13. The number of halogens is 1. The number of anilines is 1. The number of hydrogen-bond donors (Lipinski definition) is 2. The summed E-state index contributed by atoms with van der Waals surface area (Å²) in [5.74, 6) is 1.64. The van der Waals surface area contributed by atoms with Gasteiger partial charge < -0.3 is 24.7 Å². The molecular weight excluding hydrogens is 605 g/mol. The number of rotatable bonds is 11. The highest BCUT2D eigenvalue weighted by atomic mass is 127. The Hall–Kier alpha value is -3.06. The predicted molar refractivity (Wildman–Crippen MR) is 154 cm³/mol. The first-order valence-corrected chi connectivity index (χ1v) is 13.6. The van der Waals surface area contributed by atoms with E-state index >= 15 is 0 Å². The SMILES string of the molecule is CCn1c(CNC(=O)/C=C/c2ccc(OC)c(OC)c2)nnc1SCC(=O)Nc1c(C)cc(I)cc1C. The van der Waals surface area contributed by atoms with Crippen LogP contribution < -0.4 is 20.1 Å². The molecule has 0 atom stereocenters. The lowest BCUT2D eigenvalue weighted by Gasteiger charge is -2.12. The van der Waals surface area contributed by atoms with Crippen molar-refractivity contribution in [3.8, 4) is 11.5 Å². The standard InChI is InChI=1S/C26H30IN5O4S/c1-6-32-22(14-28-23(33)10-8-18-7-9-20(35-4)21(13-18)36-5)30-31-26(32)37-15-24(34)29-25-16(2)11-19(27)12-17(25)3/h7-13H,6,14-15H2,1-5H3,(H,28,33)(H,29,34)/b10-8+. The summed E-state index contributed by atoms with van der Waals surface area (Å²) in [4.78, 5) is 25.0. The minimum absolute atomic E-state index is 0.113. The third kappa shape index (κ3) is 7.71. The monoisotopic (exact) mass is 635 g/mol. The van der Waals surface area contributed by atoms with E-state index in [1.807, 2.05) is 43.5 Å². The number of hydrogen-bond acceptors (Lipinski definition) is 7. The lowest BCUT2D eigenvalue weighted by Crippen LogP contribution is -2.22. The molecule has 3 aromatic rings. The Bertz CT molecular complexity index is 1290. The fraction of sp³-hybridized carbons (Fsp3) is 0.308. The molecular formula is C26H30IN5O4S. The zero-order valence-electron chi connectivity index (χ0n) is 21.4. The van der Waals surface area contributed by atoms with E-state index in [0.717, 1.165) is 25.9 Å². The van der Waals surface area contributed by atoms with Gasteiger partial charge in [0.15, 0.2) is 22.5 Å². The molecule has 2 aromatic carbocycles. The average Bonchev–Trinajstić information content (AvgIpc) is 3.28. The van der Waals surface area contributed by atoms with Crippen LogP contribution in [-0.4, -0.2) is 46.6 Å². The summed E-state index contributed by atoms with van der Waals surface area (Å²) in [5, 5.41) is 14.9. The third-order valence-corrected chi connectivity index (χ3v) is 7.05. The van der Waals surface area contributed by atoms with Crippen LogP contribution >= 0.6 is 34.4 Å². The number of aryl methyl sites for hydroxylation is 2. The number of aromatic nitrogens is 3. The van der Waals surface area contributed by atoms with Crippen LogP contribution in [0.15, 0.2) is 41.6 Å². The van der Waals surface area contributed by atoms with Gasteiger partial charge in [-0.05, 0) is 90.4 Å². The van der Waals surface area contributed by atoms with Gasteiger partial charge in [-0.3, -0.25) is 9.59 Å². The maximum Gasteiger partial charge on any atom is 0.244 e. The van der Waals surface area contributed by atoms with Crippen LogP contribution in [0.1, 0.15) is 29.4 Å². The molecule has 0 bridgehead atoms. The second-order valence-electron chi connectivity index (χ2n) is 8.06. The van der Waals surface area contributed by atoms with Crippen molar-refractivity contribution >= 4 is 57.9 Å². The molecule has 0 saturated heterocycles. The summed E-state index contributed by atoms with van der Waals surface area (Å²) in [6.07, 6.45) is 3.14. The first-order valence-electron chi connectivity index (χ1n) is 11.5. The maximum atomic E-state index is 12.6. The zero-order valence-corrected chi connectivity index (χ0v) is 24.4. The van der Waals surface area contributed by atoms with Crippen LogP contribution in [0.25, 0.3) is 6.08 Å². The minimum Gasteiger partial charge on any atom is -0.493 e. The summed E-state index contributed by atoms with van der Waals surface area (Å²) < 4.78 is 13.5. The van der Waals surface area contributed by atoms with Crippen LogP contribution in [0, 0.1) is 17.4 Å². The lowest BCUT2D eigenvalue weighted by molar-refractivity contribution is -0.116. The first kappa shape index (κ1) is 28.5. The molecule has 0 radical (unpaired) electrons. The highest BCUT2D eigenvalue weighted by Crippen LogP contribution is 2.28. The second-order valence-corrected chi connectivity index (χ2v) is 10.2. The summed E-state index contributed by atoms with van der Waals surface area (Å²) in [6.45, 7) is 6.75. The van der Waals surface area contributed by atoms with Gasteiger partial charge >= 0.3 is 0 Å². The van der Waals surface area contributed by atoms with Crippen molar-refractivity contribution in [1.82, 2.24) is 20.1 Å². The Labute approximate surface area is 234 Å². The molecule has 196 valence electrons. The molecule has 0 aliphatic rings. The van der Waals surface area contributed by atoms with E-state index in [1.54, 1.807) is 32.4 Å². The molecule has 0 aliphatic heterocycles. The van der Waals surface area contributed by atoms with Gasteiger partial charge in [0.1, 0.15) is 0 Å². The number of carbonyl (C=O) groups excluding carboxylic acids is 2. The van der Waals surface area contributed by atoms with E-state index < -0.39 is 0 Å². The molecule has 2 amide bonds. The Morgan fingerprint density at radius 2 is 1.78 bits per heavy atom. The van der Waals surface area contributed by atoms with Crippen molar-refractivity contribution in [2.75, 3.05) is 25.3 Å². The number of methoxy groups -OCH3 is 2. The molecule has 9 nitrogen and oxygen atoms in total. The number of amides is 2. The predicted octanol–water partition coefficient (Wildman–Crippen LogP) is 4.60. The van der Waals surface area contributed by atoms with Gasteiger partial charge in [-0.1, -0.05) is 17.8 Å². The first-order chi connectivity index (χ1) is 17.7. The summed E-state index contributed by atoms with van der Waals surface area (Å²) in [6, 6.07) is 9.47. The molecule has 0 spiro atoms. The number of carbonyl (C=O) groups is 2. The van der Waals surface area contributed by atoms with Crippen LogP contribution in [0.5, 0.6) is 11.5 Å². The van der Waals surface area contributed by atoms with Gasteiger partial charge in [0, 0.05) is 21.9 Å². The quantitative estimate of drug-likeness (QED) is 0.180. The maximum absolute atomic E-state index is 12.6. The molecule has 2 N–H and O–H groups in total. The molecule has 37 heavy (non-hydrogen) atoms. The normalized spacial score (nSPS) is 11.0. The highest BCUT2D eigenvalue weighted by Gasteiger charge is 2.15. The average molecular weight is 636 g/mol. The molecule has 11 heteroatoms. The molecule has 3 rings (SSSR count). The smallest absolute Gasteiger partial charge is 0.244 e. The molecule has 1 aromatic heterocycles. The van der Waals surface area contributed by atoms with Gasteiger partial charge in [0.05, 0.1) is 26.5 Å². The van der Waals surface area contributed by atoms with E-state index in [9.17, 15) is 9.59 Å². The number of thioether (sulfide) groups is 1. The lowest BCUT2D eigenvalue weighted by atomic mass is 10.1. The largest absolute Gasteiger partial charge is 0.493 e. The molecule has 0 aliphatic carbocycles. The van der Waals surface area contributed by atoms with Crippen molar-refractivity contribution < 1.29 is 19.1 Å². The fourth-order valence-corrected chi connectivity index (χ4v) is 5.40. The van der Waals surface area contributed by atoms with E-state index in [0.29, 0.717) is 29.0 Å².